The van der Waals surface area contributed by atoms with Gasteiger partial charge in [0.15, 0.2) is 17.3 Å². The number of nitrogens with zero attached hydrogens (tertiary/aromatic N) is 3. The van der Waals surface area contributed by atoms with Crippen molar-refractivity contribution in [3.05, 3.63) is 59.8 Å². The highest BCUT2D eigenvalue weighted by Gasteiger charge is 2.26. The highest BCUT2D eigenvalue weighted by Crippen LogP contribution is 2.26. The van der Waals surface area contributed by atoms with Gasteiger partial charge in [0.1, 0.15) is 11.6 Å². The Morgan fingerprint density at radius 1 is 1.33 bits per heavy atom. The summed E-state index contributed by atoms with van der Waals surface area (Å²) in [5.41, 5.74) is 1.60. The minimum Gasteiger partial charge on any atom is -0.339 e. The highest BCUT2D eigenvalue weighted by atomic mass is 19.1. The minimum absolute atomic E-state index is 0.0592. The molecule has 3 rings (SSSR count). The van der Waals surface area contributed by atoms with E-state index in [1.54, 1.807) is 43.5 Å². The lowest BCUT2D eigenvalue weighted by atomic mass is 9.90. The van der Waals surface area contributed by atoms with Crippen LogP contribution in [0.25, 0.3) is 11.2 Å². The zero-order valence-corrected chi connectivity index (χ0v) is 13.0. The summed E-state index contributed by atoms with van der Waals surface area (Å²) in [6.07, 6.45) is 1.65. The third-order valence-corrected chi connectivity index (χ3v) is 3.94. The second-order valence-electron chi connectivity index (χ2n) is 5.65. The molecule has 120 valence electrons. The van der Waals surface area contributed by atoms with Gasteiger partial charge in [0.25, 0.3) is 0 Å². The van der Waals surface area contributed by atoms with Crippen molar-refractivity contribution in [2.75, 3.05) is 0 Å². The number of imidazole rings is 1. The fourth-order valence-corrected chi connectivity index (χ4v) is 2.69. The zero-order valence-electron chi connectivity index (χ0n) is 13.0. The molecule has 0 radical (unpaired) electrons. The number of nitriles is 1. The summed E-state index contributed by atoms with van der Waals surface area (Å²) >= 11 is 0. The normalized spacial score (nSPS) is 13.4. The smallest absolute Gasteiger partial charge is 0.177 e. The van der Waals surface area contributed by atoms with Gasteiger partial charge in [-0.3, -0.25) is 4.79 Å². The van der Waals surface area contributed by atoms with Crippen molar-refractivity contribution < 1.29 is 9.18 Å². The Hall–Kier alpha value is -3.07. The van der Waals surface area contributed by atoms with Crippen LogP contribution in [0.5, 0.6) is 0 Å². The van der Waals surface area contributed by atoms with E-state index in [9.17, 15) is 14.4 Å². The van der Waals surface area contributed by atoms with E-state index in [-0.39, 0.29) is 29.8 Å². The summed E-state index contributed by atoms with van der Waals surface area (Å²) in [6.45, 7) is 1.77. The summed E-state index contributed by atoms with van der Waals surface area (Å²) in [6, 6.07) is 11.9. The second-order valence-corrected chi connectivity index (χ2v) is 5.65. The maximum Gasteiger partial charge on any atom is 0.177 e. The summed E-state index contributed by atoms with van der Waals surface area (Å²) in [5.74, 6) is -1.71. The van der Waals surface area contributed by atoms with E-state index in [2.05, 4.69) is 15.0 Å². The van der Waals surface area contributed by atoms with Crippen LogP contribution in [0.4, 0.5) is 4.39 Å². The first-order valence-electron chi connectivity index (χ1n) is 7.57. The molecule has 2 atom stereocenters. The highest BCUT2D eigenvalue weighted by molar-refractivity contribution is 5.89. The first-order valence-corrected chi connectivity index (χ1v) is 7.57. The molecule has 0 aliphatic rings. The van der Waals surface area contributed by atoms with Crippen LogP contribution in [0.15, 0.2) is 42.6 Å². The maximum atomic E-state index is 13.8. The molecule has 0 fully saturated rings. The summed E-state index contributed by atoms with van der Waals surface area (Å²) in [7, 11) is 0. The SMILES string of the molecule is C[C@H](CC(=O)[C@@H](C#N)c1nc2ncccc2[nH]1)c1ccccc1F. The first-order chi connectivity index (χ1) is 11.6. The number of Topliss-reactive ketones (excluding diaryl/α,β-unsaturated/α-hetero) is 1. The van der Waals surface area contributed by atoms with Gasteiger partial charge in [-0.15, -0.1) is 0 Å². The number of carbonyl (C=O) groups excluding carboxylic acids is 1. The van der Waals surface area contributed by atoms with Gasteiger partial charge >= 0.3 is 0 Å². The van der Waals surface area contributed by atoms with E-state index in [1.165, 1.54) is 6.07 Å². The predicted molar refractivity (Wildman–Crippen MR) is 86.7 cm³/mol. The van der Waals surface area contributed by atoms with Crippen molar-refractivity contribution >= 4 is 16.9 Å². The number of carbonyl (C=O) groups is 1. The number of aromatic amines is 1. The molecular weight excluding hydrogens is 307 g/mol. The molecule has 24 heavy (non-hydrogen) atoms. The van der Waals surface area contributed by atoms with E-state index in [4.69, 9.17) is 0 Å². The molecule has 2 heterocycles. The number of aromatic nitrogens is 3. The van der Waals surface area contributed by atoms with Crippen molar-refractivity contribution in [1.82, 2.24) is 15.0 Å². The number of rotatable bonds is 5. The Balaban J connectivity index is 1.82. The number of H-pyrrole nitrogens is 1. The molecule has 0 aliphatic heterocycles. The van der Waals surface area contributed by atoms with Gasteiger partial charge in [-0.25, -0.2) is 14.4 Å². The molecule has 3 aromatic rings. The Morgan fingerprint density at radius 3 is 2.83 bits per heavy atom. The van der Waals surface area contributed by atoms with Crippen LogP contribution in [-0.4, -0.2) is 20.7 Å². The van der Waals surface area contributed by atoms with Gasteiger partial charge in [-0.2, -0.15) is 5.26 Å². The van der Waals surface area contributed by atoms with Crippen molar-refractivity contribution in [2.45, 2.75) is 25.2 Å². The molecule has 0 spiro atoms. The van der Waals surface area contributed by atoms with E-state index >= 15 is 0 Å². The summed E-state index contributed by atoms with van der Waals surface area (Å²) in [5, 5.41) is 9.39. The average molecular weight is 322 g/mol. The van der Waals surface area contributed by atoms with Gasteiger partial charge in [0.05, 0.1) is 11.6 Å². The molecule has 0 saturated heterocycles. The van der Waals surface area contributed by atoms with Gasteiger partial charge in [-0.1, -0.05) is 25.1 Å². The van der Waals surface area contributed by atoms with Gasteiger partial charge in [-0.05, 0) is 29.7 Å². The number of ketones is 1. The van der Waals surface area contributed by atoms with Crippen molar-refractivity contribution in [2.24, 2.45) is 0 Å². The summed E-state index contributed by atoms with van der Waals surface area (Å²) in [4.78, 5) is 23.8. The number of hydrogen-bond donors (Lipinski definition) is 1. The van der Waals surface area contributed by atoms with Gasteiger partial charge < -0.3 is 4.98 Å². The van der Waals surface area contributed by atoms with Gasteiger partial charge in [0, 0.05) is 12.6 Å². The van der Waals surface area contributed by atoms with Crippen LogP contribution in [0.2, 0.25) is 0 Å². The van der Waals surface area contributed by atoms with E-state index in [1.807, 2.05) is 6.07 Å². The standard InChI is InChI=1S/C18H15FN4O/c1-11(12-5-2-3-6-14(12)19)9-16(24)13(10-20)17-22-15-7-4-8-21-18(15)23-17/h2-8,11,13H,9H2,1H3,(H,21,22,23)/t11-,13-/m1/s1. The lowest BCUT2D eigenvalue weighted by Crippen LogP contribution is -2.15. The quantitative estimate of drug-likeness (QED) is 0.779. The fraction of sp³-hybridized carbons (Fsp3) is 0.222. The predicted octanol–water partition coefficient (Wildman–Crippen LogP) is 3.47. The monoisotopic (exact) mass is 322 g/mol. The minimum atomic E-state index is -1.02. The maximum absolute atomic E-state index is 13.8. The van der Waals surface area contributed by atoms with E-state index in [0.29, 0.717) is 16.7 Å². The third-order valence-electron chi connectivity index (χ3n) is 3.94. The van der Waals surface area contributed by atoms with Gasteiger partial charge in [0.2, 0.25) is 0 Å². The van der Waals surface area contributed by atoms with Crippen LogP contribution in [0.3, 0.4) is 0 Å². The van der Waals surface area contributed by atoms with Crippen LogP contribution >= 0.6 is 0 Å². The Kier molecular flexibility index (Phi) is 4.34. The van der Waals surface area contributed by atoms with Crippen LogP contribution in [-0.2, 0) is 4.79 Å². The molecule has 1 aromatic carbocycles. The Morgan fingerprint density at radius 2 is 2.12 bits per heavy atom. The van der Waals surface area contributed by atoms with Crippen molar-refractivity contribution in [3.8, 4) is 6.07 Å². The molecule has 0 saturated carbocycles. The Labute approximate surface area is 138 Å². The number of fused-ring (bicyclic) bond motifs is 1. The van der Waals surface area contributed by atoms with Crippen LogP contribution in [0.1, 0.15) is 36.6 Å². The topological polar surface area (TPSA) is 82.4 Å². The second kappa shape index (κ2) is 6.59. The van der Waals surface area contributed by atoms with Crippen LogP contribution in [0, 0.1) is 17.1 Å². The molecule has 5 nitrogen and oxygen atoms in total. The van der Waals surface area contributed by atoms with Crippen molar-refractivity contribution in [3.63, 3.8) is 0 Å². The number of halogens is 1. The number of nitrogens with one attached hydrogen (secondary N) is 1. The molecule has 0 aliphatic carbocycles. The fourth-order valence-electron chi connectivity index (χ4n) is 2.69. The average Bonchev–Trinajstić information content (AvgIpc) is 2.99. The first kappa shape index (κ1) is 15.8. The molecule has 2 aromatic heterocycles. The number of hydrogen-bond acceptors (Lipinski definition) is 4. The molecule has 0 unspecified atom stereocenters. The molecule has 0 amide bonds. The molecule has 0 bridgehead atoms. The molecule has 6 heteroatoms. The van der Waals surface area contributed by atoms with E-state index < -0.39 is 5.92 Å². The lowest BCUT2D eigenvalue weighted by molar-refractivity contribution is -0.119. The van der Waals surface area contributed by atoms with E-state index in [0.717, 1.165) is 0 Å². The third kappa shape index (κ3) is 3.01. The molecule has 1 N–H and O–H groups in total. The van der Waals surface area contributed by atoms with Crippen LogP contribution < -0.4 is 0 Å². The van der Waals surface area contributed by atoms with Crippen molar-refractivity contribution in [1.29, 1.82) is 5.26 Å². The molecular formula is C18H15FN4O. The largest absolute Gasteiger partial charge is 0.339 e. The zero-order chi connectivity index (χ0) is 17.1. The number of benzene rings is 1. The lowest BCUT2D eigenvalue weighted by Gasteiger charge is -2.13. The number of pyridine rings is 1. The summed E-state index contributed by atoms with van der Waals surface area (Å²) < 4.78 is 13.8. The Bertz CT molecular complexity index is 895.